The van der Waals surface area contributed by atoms with E-state index in [2.05, 4.69) is 5.32 Å². The van der Waals surface area contributed by atoms with Crippen LogP contribution < -0.4 is 5.32 Å². The molecule has 1 amide bonds. The Bertz CT molecular complexity index is 655. The fourth-order valence-corrected chi connectivity index (χ4v) is 2.55. The van der Waals surface area contributed by atoms with Crippen LogP contribution >= 0.6 is 0 Å². The number of rotatable bonds is 6. The summed E-state index contributed by atoms with van der Waals surface area (Å²) in [5.41, 5.74) is 2.73. The van der Waals surface area contributed by atoms with Crippen LogP contribution in [-0.2, 0) is 11.2 Å². The number of nitrogens with one attached hydrogen (secondary N) is 1. The lowest BCUT2D eigenvalue weighted by Gasteiger charge is -2.18. The van der Waals surface area contributed by atoms with Crippen molar-refractivity contribution < 1.29 is 14.3 Å². The van der Waals surface area contributed by atoms with Crippen molar-refractivity contribution >= 4 is 5.91 Å². The predicted octanol–water partition coefficient (Wildman–Crippen LogP) is 3.31. The summed E-state index contributed by atoms with van der Waals surface area (Å²) in [6, 6.07) is 13.4. The van der Waals surface area contributed by atoms with Crippen molar-refractivity contribution in [1.82, 2.24) is 5.32 Å². The van der Waals surface area contributed by atoms with Gasteiger partial charge in [0.25, 0.3) is 0 Å². The molecule has 2 atom stereocenters. The summed E-state index contributed by atoms with van der Waals surface area (Å²) in [5.74, 6) is -0.408. The van der Waals surface area contributed by atoms with Crippen molar-refractivity contribution in [2.24, 2.45) is 0 Å². The number of halogens is 1. The van der Waals surface area contributed by atoms with Gasteiger partial charge in [-0.2, -0.15) is 0 Å². The molecule has 0 spiro atoms. The summed E-state index contributed by atoms with van der Waals surface area (Å²) in [7, 11) is 0. The van der Waals surface area contributed by atoms with E-state index in [1.165, 1.54) is 12.1 Å². The van der Waals surface area contributed by atoms with Crippen LogP contribution in [0.4, 0.5) is 4.39 Å². The molecule has 3 nitrogen and oxygen atoms in total. The first-order valence-corrected chi connectivity index (χ1v) is 7.72. The molecule has 2 aromatic carbocycles. The van der Waals surface area contributed by atoms with Crippen LogP contribution in [0.15, 0.2) is 48.5 Å². The van der Waals surface area contributed by atoms with Gasteiger partial charge in [-0.25, -0.2) is 4.39 Å². The average Bonchev–Trinajstić information content (AvgIpc) is 2.47. The van der Waals surface area contributed by atoms with E-state index < -0.39 is 6.10 Å². The molecule has 0 radical (unpaired) electrons. The Balaban J connectivity index is 1.85. The van der Waals surface area contributed by atoms with E-state index >= 15 is 0 Å². The molecule has 0 heterocycles. The smallest absolute Gasteiger partial charge is 0.224 e. The first-order valence-electron chi connectivity index (χ1n) is 7.72. The number of carbonyl (C=O) groups excluding carboxylic acids is 1. The van der Waals surface area contributed by atoms with Gasteiger partial charge in [0, 0.05) is 6.04 Å². The topological polar surface area (TPSA) is 49.3 Å². The van der Waals surface area contributed by atoms with Crippen molar-refractivity contribution in [1.29, 1.82) is 0 Å². The number of aryl methyl sites for hydroxylation is 1. The molecule has 0 bridgehead atoms. The van der Waals surface area contributed by atoms with Gasteiger partial charge in [-0.1, -0.05) is 42.0 Å². The minimum absolute atomic E-state index is 0.0746. The minimum atomic E-state index is -0.732. The Hall–Kier alpha value is -2.20. The fraction of sp³-hybridized carbons (Fsp3) is 0.316. The number of aliphatic hydroxyl groups excluding tert-OH is 1. The van der Waals surface area contributed by atoms with Gasteiger partial charge in [0.2, 0.25) is 5.91 Å². The van der Waals surface area contributed by atoms with Crippen molar-refractivity contribution in [3.63, 3.8) is 0 Å². The quantitative estimate of drug-likeness (QED) is 0.859. The lowest BCUT2D eigenvalue weighted by Crippen LogP contribution is -2.34. The summed E-state index contributed by atoms with van der Waals surface area (Å²) in [5, 5.41) is 13.0. The standard InChI is InChI=1S/C19H22FNO2/c1-13-4-3-5-15(10-13)12-19(23)21-14(2)11-18(22)16-6-8-17(20)9-7-16/h3-10,14,18,22H,11-12H2,1-2H3,(H,21,23). The highest BCUT2D eigenvalue weighted by Gasteiger charge is 2.14. The van der Waals surface area contributed by atoms with Crippen LogP contribution in [0.2, 0.25) is 0 Å². The summed E-state index contributed by atoms with van der Waals surface area (Å²) < 4.78 is 12.9. The zero-order valence-electron chi connectivity index (χ0n) is 13.4. The molecule has 0 aromatic heterocycles. The van der Waals surface area contributed by atoms with E-state index in [0.717, 1.165) is 11.1 Å². The largest absolute Gasteiger partial charge is 0.388 e. The van der Waals surface area contributed by atoms with Gasteiger partial charge in [0.05, 0.1) is 12.5 Å². The summed E-state index contributed by atoms with van der Waals surface area (Å²) in [6.45, 7) is 3.84. The third kappa shape index (κ3) is 5.49. The van der Waals surface area contributed by atoms with E-state index in [4.69, 9.17) is 0 Å². The third-order valence-corrected chi connectivity index (χ3v) is 3.69. The Morgan fingerprint density at radius 3 is 2.57 bits per heavy atom. The first-order chi connectivity index (χ1) is 10.9. The molecule has 0 aliphatic carbocycles. The van der Waals surface area contributed by atoms with Crippen LogP contribution in [0.25, 0.3) is 0 Å². The van der Waals surface area contributed by atoms with Gasteiger partial charge >= 0.3 is 0 Å². The maximum atomic E-state index is 12.9. The highest BCUT2D eigenvalue weighted by atomic mass is 19.1. The molecule has 2 aromatic rings. The molecule has 4 heteroatoms. The Labute approximate surface area is 136 Å². The molecule has 2 rings (SSSR count). The van der Waals surface area contributed by atoms with Crippen molar-refractivity contribution in [2.45, 2.75) is 38.8 Å². The molecule has 0 fully saturated rings. The van der Waals surface area contributed by atoms with Crippen LogP contribution in [0.1, 0.15) is 36.1 Å². The molecule has 122 valence electrons. The van der Waals surface area contributed by atoms with Gasteiger partial charge in [-0.05, 0) is 43.5 Å². The molecule has 0 aliphatic rings. The van der Waals surface area contributed by atoms with Crippen LogP contribution in [0.3, 0.4) is 0 Å². The van der Waals surface area contributed by atoms with E-state index in [1.54, 1.807) is 12.1 Å². The summed E-state index contributed by atoms with van der Waals surface area (Å²) >= 11 is 0. The van der Waals surface area contributed by atoms with E-state index in [-0.39, 0.29) is 17.8 Å². The number of hydrogen-bond donors (Lipinski definition) is 2. The second kappa shape index (κ2) is 7.88. The van der Waals surface area contributed by atoms with Gasteiger partial charge in [0.15, 0.2) is 0 Å². The van der Waals surface area contributed by atoms with Gasteiger partial charge in [-0.15, -0.1) is 0 Å². The maximum Gasteiger partial charge on any atom is 0.224 e. The monoisotopic (exact) mass is 315 g/mol. The summed E-state index contributed by atoms with van der Waals surface area (Å²) in [4.78, 5) is 12.1. The molecular weight excluding hydrogens is 293 g/mol. The van der Waals surface area contributed by atoms with Crippen LogP contribution in [-0.4, -0.2) is 17.1 Å². The lowest BCUT2D eigenvalue weighted by atomic mass is 10.0. The maximum absolute atomic E-state index is 12.9. The molecule has 0 saturated carbocycles. The highest BCUT2D eigenvalue weighted by Crippen LogP contribution is 2.18. The van der Waals surface area contributed by atoms with Crippen LogP contribution in [0, 0.1) is 12.7 Å². The number of amides is 1. The minimum Gasteiger partial charge on any atom is -0.388 e. The van der Waals surface area contributed by atoms with Crippen molar-refractivity contribution in [2.75, 3.05) is 0 Å². The third-order valence-electron chi connectivity index (χ3n) is 3.69. The lowest BCUT2D eigenvalue weighted by molar-refractivity contribution is -0.121. The van der Waals surface area contributed by atoms with Crippen molar-refractivity contribution in [3.8, 4) is 0 Å². The van der Waals surface area contributed by atoms with E-state index in [9.17, 15) is 14.3 Å². The second-order valence-corrected chi connectivity index (χ2v) is 5.94. The van der Waals surface area contributed by atoms with Crippen molar-refractivity contribution in [3.05, 3.63) is 71.0 Å². The first kappa shape index (κ1) is 17.2. The van der Waals surface area contributed by atoms with Gasteiger partial charge in [0.1, 0.15) is 5.82 Å². The zero-order chi connectivity index (χ0) is 16.8. The molecule has 0 aliphatic heterocycles. The normalized spacial score (nSPS) is 13.4. The Morgan fingerprint density at radius 2 is 1.91 bits per heavy atom. The SMILES string of the molecule is Cc1cccc(CC(=O)NC(C)CC(O)c2ccc(F)cc2)c1. The summed E-state index contributed by atoms with van der Waals surface area (Å²) in [6.07, 6.45) is -0.0333. The molecule has 0 saturated heterocycles. The highest BCUT2D eigenvalue weighted by molar-refractivity contribution is 5.78. The van der Waals surface area contributed by atoms with Gasteiger partial charge in [-0.3, -0.25) is 4.79 Å². The molecular formula is C19H22FNO2. The zero-order valence-corrected chi connectivity index (χ0v) is 13.4. The average molecular weight is 315 g/mol. The number of carbonyl (C=O) groups is 1. The number of aliphatic hydroxyl groups is 1. The molecule has 23 heavy (non-hydrogen) atoms. The predicted molar refractivity (Wildman–Crippen MR) is 88.5 cm³/mol. The molecule has 2 unspecified atom stereocenters. The van der Waals surface area contributed by atoms with Crippen LogP contribution in [0.5, 0.6) is 0 Å². The number of benzene rings is 2. The Kier molecular flexibility index (Phi) is 5.88. The van der Waals surface area contributed by atoms with Gasteiger partial charge < -0.3 is 10.4 Å². The van der Waals surface area contributed by atoms with E-state index in [1.807, 2.05) is 38.1 Å². The second-order valence-electron chi connectivity index (χ2n) is 5.94. The fourth-order valence-electron chi connectivity index (χ4n) is 2.55. The Morgan fingerprint density at radius 1 is 1.22 bits per heavy atom. The molecule has 2 N–H and O–H groups in total. The van der Waals surface area contributed by atoms with E-state index in [0.29, 0.717) is 18.4 Å². The number of hydrogen-bond acceptors (Lipinski definition) is 2.